The van der Waals surface area contributed by atoms with Crippen LogP contribution in [0, 0.1) is 6.92 Å². The number of aromatic nitrogens is 1. The van der Waals surface area contributed by atoms with Crippen LogP contribution in [-0.2, 0) is 4.74 Å². The Morgan fingerprint density at radius 2 is 1.49 bits per heavy atom. The van der Waals surface area contributed by atoms with Gasteiger partial charge in [0.25, 0.3) is 0 Å². The quantitative estimate of drug-likeness (QED) is 0.243. The van der Waals surface area contributed by atoms with E-state index in [0.29, 0.717) is 5.69 Å². The topological polar surface area (TPSA) is 88.5 Å². The molecule has 5 rings (SSSR count). The summed E-state index contributed by atoms with van der Waals surface area (Å²) in [5, 5.41) is 14.1. The lowest BCUT2D eigenvalue weighted by Gasteiger charge is -2.15. The summed E-state index contributed by atoms with van der Waals surface area (Å²) >= 11 is 1.33. The van der Waals surface area contributed by atoms with Gasteiger partial charge >= 0.3 is 12.1 Å². The molecule has 4 aromatic carbocycles. The minimum absolute atomic E-state index is 0.261. The summed E-state index contributed by atoms with van der Waals surface area (Å²) in [7, 11) is 0. The zero-order chi connectivity index (χ0) is 25.9. The molecule has 0 unspecified atom stereocenters. The summed E-state index contributed by atoms with van der Waals surface area (Å²) in [4.78, 5) is 24.7. The number of anilines is 1. The second-order valence-corrected chi connectivity index (χ2v) is 9.49. The number of carbonyl (C=O) groups is 2. The van der Waals surface area contributed by atoms with Crippen LogP contribution in [0.5, 0.6) is 0 Å². The van der Waals surface area contributed by atoms with E-state index in [9.17, 15) is 9.59 Å². The molecule has 0 fully saturated rings. The lowest BCUT2D eigenvalue weighted by atomic mass is 9.98. The van der Waals surface area contributed by atoms with Gasteiger partial charge in [0.1, 0.15) is 6.10 Å². The number of nitrogens with zero attached hydrogens (tertiary/aromatic N) is 1. The minimum Gasteiger partial charge on any atom is -0.478 e. The highest BCUT2D eigenvalue weighted by molar-refractivity contribution is 7.10. The van der Waals surface area contributed by atoms with E-state index in [1.165, 1.54) is 11.5 Å². The van der Waals surface area contributed by atoms with E-state index in [1.807, 2.05) is 80.6 Å². The molecular formula is C30H24N2O4S. The first kappa shape index (κ1) is 24.2. The Kier molecular flexibility index (Phi) is 6.70. The van der Waals surface area contributed by atoms with Crippen LogP contribution in [0.3, 0.4) is 0 Å². The van der Waals surface area contributed by atoms with Crippen molar-refractivity contribution in [2.75, 3.05) is 5.32 Å². The van der Waals surface area contributed by atoms with Crippen LogP contribution in [0.2, 0.25) is 0 Å². The molecule has 0 aliphatic heterocycles. The summed E-state index contributed by atoms with van der Waals surface area (Å²) in [6.45, 7) is 3.70. The molecule has 2 N–H and O–H groups in total. The van der Waals surface area contributed by atoms with Crippen LogP contribution in [0.1, 0.15) is 34.6 Å². The Morgan fingerprint density at radius 1 is 0.865 bits per heavy atom. The van der Waals surface area contributed by atoms with E-state index in [-0.39, 0.29) is 11.7 Å². The molecule has 0 saturated heterocycles. The molecule has 184 valence electrons. The molecular weight excluding hydrogens is 484 g/mol. The monoisotopic (exact) mass is 508 g/mol. The maximum Gasteiger partial charge on any atom is 0.412 e. The normalized spacial score (nSPS) is 11.7. The molecule has 0 spiro atoms. The number of carboxylic acids is 1. The Balaban J connectivity index is 1.37. The van der Waals surface area contributed by atoms with E-state index in [1.54, 1.807) is 12.1 Å². The molecule has 5 aromatic rings. The van der Waals surface area contributed by atoms with Gasteiger partial charge < -0.3 is 9.84 Å². The van der Waals surface area contributed by atoms with Gasteiger partial charge in [-0.05, 0) is 82.7 Å². The molecule has 0 bridgehead atoms. The summed E-state index contributed by atoms with van der Waals surface area (Å²) in [6.07, 6.45) is -0.910. The van der Waals surface area contributed by atoms with Gasteiger partial charge in [-0.2, -0.15) is 4.37 Å². The van der Waals surface area contributed by atoms with Crippen LogP contribution in [-0.4, -0.2) is 21.5 Å². The molecule has 7 heteroatoms. The van der Waals surface area contributed by atoms with E-state index >= 15 is 0 Å². The summed E-state index contributed by atoms with van der Waals surface area (Å²) < 4.78 is 10.1. The number of fused-ring (bicyclic) bond motifs is 1. The molecule has 0 radical (unpaired) electrons. The van der Waals surface area contributed by atoms with Crippen molar-refractivity contribution >= 4 is 40.1 Å². The van der Waals surface area contributed by atoms with Gasteiger partial charge in [-0.1, -0.05) is 66.7 Å². The number of rotatable bonds is 6. The Labute approximate surface area is 218 Å². The van der Waals surface area contributed by atoms with Crippen molar-refractivity contribution < 1.29 is 19.4 Å². The van der Waals surface area contributed by atoms with Crippen molar-refractivity contribution in [3.05, 3.63) is 108 Å². The zero-order valence-electron chi connectivity index (χ0n) is 20.3. The number of benzene rings is 4. The van der Waals surface area contributed by atoms with Crippen molar-refractivity contribution in [3.8, 4) is 21.6 Å². The standard InChI is InChI=1S/C30H24N2O4S/c1-18-27(31-30(35)36-19(2)20-6-4-3-5-7-20)28(37-32-18)26-15-14-24-16-23(12-13-25(24)17-26)21-8-10-22(11-9-21)29(33)34/h3-17,19H,1-2H3,(H,31,35)(H,33,34)/t19-/m1/s1. The van der Waals surface area contributed by atoms with E-state index in [0.717, 1.165) is 43.6 Å². The second-order valence-electron chi connectivity index (χ2n) is 8.71. The van der Waals surface area contributed by atoms with Crippen LogP contribution in [0.25, 0.3) is 32.3 Å². The largest absolute Gasteiger partial charge is 0.478 e. The summed E-state index contributed by atoms with van der Waals surface area (Å²) in [6, 6.07) is 28.7. The predicted octanol–water partition coefficient (Wildman–Crippen LogP) is 7.95. The van der Waals surface area contributed by atoms with E-state index in [4.69, 9.17) is 9.84 Å². The Bertz CT molecular complexity index is 1590. The lowest BCUT2D eigenvalue weighted by molar-refractivity contribution is 0.0696. The van der Waals surface area contributed by atoms with Crippen LogP contribution in [0.4, 0.5) is 10.5 Å². The SMILES string of the molecule is Cc1nsc(-c2ccc3cc(-c4ccc(C(=O)O)cc4)ccc3c2)c1NC(=O)O[C@H](C)c1ccccc1. The molecule has 37 heavy (non-hydrogen) atoms. The van der Waals surface area contributed by atoms with Crippen LogP contribution < -0.4 is 5.32 Å². The number of ether oxygens (including phenoxy) is 1. The molecule has 1 atom stereocenters. The lowest BCUT2D eigenvalue weighted by Crippen LogP contribution is -2.16. The number of amides is 1. The number of nitrogens with one attached hydrogen (secondary N) is 1. The van der Waals surface area contributed by atoms with Gasteiger partial charge in [-0.3, -0.25) is 5.32 Å². The van der Waals surface area contributed by atoms with E-state index < -0.39 is 12.1 Å². The fourth-order valence-corrected chi connectivity index (χ4v) is 5.01. The zero-order valence-corrected chi connectivity index (χ0v) is 21.1. The molecule has 1 amide bonds. The summed E-state index contributed by atoms with van der Waals surface area (Å²) in [5.41, 5.74) is 5.45. The molecule has 6 nitrogen and oxygen atoms in total. The van der Waals surface area contributed by atoms with Crippen molar-refractivity contribution in [2.45, 2.75) is 20.0 Å². The molecule has 1 heterocycles. The van der Waals surface area contributed by atoms with Crippen molar-refractivity contribution in [2.24, 2.45) is 0 Å². The molecule has 0 aliphatic rings. The number of carbonyl (C=O) groups excluding carboxylic acids is 1. The Hall–Kier alpha value is -4.49. The number of aryl methyl sites for hydroxylation is 1. The van der Waals surface area contributed by atoms with Crippen molar-refractivity contribution in [1.29, 1.82) is 0 Å². The van der Waals surface area contributed by atoms with Crippen molar-refractivity contribution in [1.82, 2.24) is 4.37 Å². The average Bonchev–Trinajstić information content (AvgIpc) is 3.28. The van der Waals surface area contributed by atoms with Gasteiger partial charge in [0, 0.05) is 0 Å². The average molecular weight is 509 g/mol. The van der Waals surface area contributed by atoms with Crippen LogP contribution in [0.15, 0.2) is 91.0 Å². The third-order valence-electron chi connectivity index (χ3n) is 6.21. The number of hydrogen-bond donors (Lipinski definition) is 2. The highest BCUT2D eigenvalue weighted by Gasteiger charge is 2.18. The number of hydrogen-bond acceptors (Lipinski definition) is 5. The van der Waals surface area contributed by atoms with Gasteiger partial charge in [-0.25, -0.2) is 9.59 Å². The number of aromatic carboxylic acids is 1. The maximum atomic E-state index is 12.7. The third kappa shape index (κ3) is 5.22. The van der Waals surface area contributed by atoms with Gasteiger partial charge in [0.05, 0.1) is 21.8 Å². The van der Waals surface area contributed by atoms with E-state index in [2.05, 4.69) is 21.8 Å². The maximum absolute atomic E-state index is 12.7. The fourth-order valence-electron chi connectivity index (χ4n) is 4.17. The first-order valence-corrected chi connectivity index (χ1v) is 12.5. The molecule has 0 saturated carbocycles. The molecule has 1 aromatic heterocycles. The summed E-state index contributed by atoms with van der Waals surface area (Å²) in [5.74, 6) is -0.941. The van der Waals surface area contributed by atoms with Gasteiger partial charge in [0.2, 0.25) is 0 Å². The van der Waals surface area contributed by atoms with Crippen LogP contribution >= 0.6 is 11.5 Å². The minimum atomic E-state index is -0.941. The Morgan fingerprint density at radius 3 is 2.16 bits per heavy atom. The first-order valence-electron chi connectivity index (χ1n) is 11.8. The van der Waals surface area contributed by atoms with Crippen molar-refractivity contribution in [3.63, 3.8) is 0 Å². The number of carboxylic acid groups (broad SMARTS) is 1. The third-order valence-corrected chi connectivity index (χ3v) is 7.20. The second kappa shape index (κ2) is 10.2. The predicted molar refractivity (Wildman–Crippen MR) is 147 cm³/mol. The van der Waals surface area contributed by atoms with Gasteiger partial charge in [0.15, 0.2) is 0 Å². The molecule has 0 aliphatic carbocycles. The first-order chi connectivity index (χ1) is 17.9. The highest BCUT2D eigenvalue weighted by atomic mass is 32.1. The van der Waals surface area contributed by atoms with Gasteiger partial charge in [-0.15, -0.1) is 0 Å². The smallest absolute Gasteiger partial charge is 0.412 e. The highest BCUT2D eigenvalue weighted by Crippen LogP contribution is 2.37. The fraction of sp³-hybridized carbons (Fsp3) is 0.100.